The van der Waals surface area contributed by atoms with Crippen LogP contribution in [-0.4, -0.2) is 43.8 Å². The van der Waals surface area contributed by atoms with Gasteiger partial charge in [-0.2, -0.15) is 10.3 Å². The maximum absolute atomic E-state index is 12.7. The molecule has 0 fully saturated rings. The molecule has 12 heteroatoms. The van der Waals surface area contributed by atoms with Crippen molar-refractivity contribution >= 4 is 15.7 Å². The van der Waals surface area contributed by atoms with Crippen LogP contribution in [0.25, 0.3) is 11.4 Å². The van der Waals surface area contributed by atoms with Crippen LogP contribution in [0, 0.1) is 0 Å². The minimum absolute atomic E-state index is 0.105. The number of aromatic amines is 1. The number of H-pyrrole nitrogens is 1. The molecule has 29 heavy (non-hydrogen) atoms. The Morgan fingerprint density at radius 1 is 1.17 bits per heavy atom. The maximum Gasteiger partial charge on any atom is 0.261 e. The fraction of sp³-hybridized carbons (Fsp3) is 0.118. The lowest BCUT2D eigenvalue weighted by Crippen LogP contribution is -2.13. The second kappa shape index (κ2) is 7.67. The SMILES string of the molecule is Cn1ncnc1COc1ccc(S(=O)(=O)Nc2cccc(-c3nn[nH]n3)c2)cc1. The van der Waals surface area contributed by atoms with E-state index in [1.165, 1.54) is 18.5 Å². The summed E-state index contributed by atoms with van der Waals surface area (Å²) in [5, 5.41) is 17.6. The van der Waals surface area contributed by atoms with Gasteiger partial charge in [-0.3, -0.25) is 9.40 Å². The molecule has 0 atom stereocenters. The first-order chi connectivity index (χ1) is 14.0. The number of nitrogens with one attached hydrogen (secondary N) is 2. The topological polar surface area (TPSA) is 141 Å². The first-order valence-electron chi connectivity index (χ1n) is 8.44. The second-order valence-corrected chi connectivity index (χ2v) is 7.66. The lowest BCUT2D eigenvalue weighted by Gasteiger charge is -2.10. The van der Waals surface area contributed by atoms with Crippen LogP contribution in [0.2, 0.25) is 0 Å². The van der Waals surface area contributed by atoms with Gasteiger partial charge in [0.2, 0.25) is 5.82 Å². The number of ether oxygens (including phenoxy) is 1. The molecule has 4 aromatic rings. The number of anilines is 1. The van der Waals surface area contributed by atoms with Crippen LogP contribution in [0.1, 0.15) is 5.82 Å². The molecule has 11 nitrogen and oxygen atoms in total. The maximum atomic E-state index is 12.7. The highest BCUT2D eigenvalue weighted by atomic mass is 32.2. The Morgan fingerprint density at radius 3 is 2.69 bits per heavy atom. The van der Waals surface area contributed by atoms with Gasteiger partial charge in [-0.25, -0.2) is 13.4 Å². The smallest absolute Gasteiger partial charge is 0.261 e. The molecule has 0 aliphatic carbocycles. The minimum atomic E-state index is -3.78. The Balaban J connectivity index is 1.46. The van der Waals surface area contributed by atoms with Crippen LogP contribution in [0.4, 0.5) is 5.69 Å². The predicted octanol–water partition coefficient (Wildman–Crippen LogP) is 1.37. The van der Waals surface area contributed by atoms with Gasteiger partial charge in [0, 0.05) is 18.3 Å². The van der Waals surface area contributed by atoms with Crippen molar-refractivity contribution in [1.29, 1.82) is 0 Å². The van der Waals surface area contributed by atoms with Gasteiger partial charge in [-0.05, 0) is 41.6 Å². The summed E-state index contributed by atoms with van der Waals surface area (Å²) in [4.78, 5) is 4.17. The molecule has 0 saturated heterocycles. The third-order valence-corrected chi connectivity index (χ3v) is 5.42. The van der Waals surface area contributed by atoms with Crippen molar-refractivity contribution in [2.24, 2.45) is 7.05 Å². The van der Waals surface area contributed by atoms with Crippen molar-refractivity contribution < 1.29 is 13.2 Å². The number of hydrogen-bond acceptors (Lipinski definition) is 8. The van der Waals surface area contributed by atoms with Gasteiger partial charge < -0.3 is 4.74 Å². The zero-order valence-electron chi connectivity index (χ0n) is 15.2. The predicted molar refractivity (Wildman–Crippen MR) is 102 cm³/mol. The quantitative estimate of drug-likeness (QED) is 0.464. The van der Waals surface area contributed by atoms with E-state index in [1.807, 2.05) is 0 Å². The molecule has 0 aliphatic rings. The van der Waals surface area contributed by atoms with E-state index in [1.54, 1.807) is 48.1 Å². The number of nitrogens with zero attached hydrogens (tertiary/aromatic N) is 6. The van der Waals surface area contributed by atoms with E-state index in [0.29, 0.717) is 28.6 Å². The van der Waals surface area contributed by atoms with Crippen LogP contribution < -0.4 is 9.46 Å². The third kappa shape index (κ3) is 4.21. The summed E-state index contributed by atoms with van der Waals surface area (Å²) in [6, 6.07) is 12.8. The summed E-state index contributed by atoms with van der Waals surface area (Å²) in [6.07, 6.45) is 1.44. The standard InChI is InChI=1S/C17H16N8O3S/c1-25-16(18-11-19-25)10-28-14-5-7-15(8-6-14)29(26,27)22-13-4-2-3-12(9-13)17-20-23-24-21-17/h2-9,11,22H,10H2,1H3,(H,20,21,23,24). The van der Waals surface area contributed by atoms with E-state index in [2.05, 4.69) is 35.4 Å². The van der Waals surface area contributed by atoms with E-state index >= 15 is 0 Å². The molecular formula is C17H16N8O3S. The summed E-state index contributed by atoms with van der Waals surface area (Å²) >= 11 is 0. The Labute approximate surface area is 165 Å². The van der Waals surface area contributed by atoms with Crippen LogP contribution >= 0.6 is 0 Å². The van der Waals surface area contributed by atoms with Gasteiger partial charge in [0.05, 0.1) is 4.90 Å². The normalized spacial score (nSPS) is 11.3. The molecule has 148 valence electrons. The summed E-state index contributed by atoms with van der Waals surface area (Å²) < 4.78 is 35.1. The number of benzene rings is 2. The zero-order valence-corrected chi connectivity index (χ0v) is 16.0. The molecule has 2 aromatic carbocycles. The summed E-state index contributed by atoms with van der Waals surface area (Å²) in [7, 11) is -2.01. The van der Waals surface area contributed by atoms with E-state index in [-0.39, 0.29) is 11.5 Å². The first-order valence-corrected chi connectivity index (χ1v) is 9.92. The molecule has 4 rings (SSSR count). The van der Waals surface area contributed by atoms with E-state index in [9.17, 15) is 8.42 Å². The lowest BCUT2D eigenvalue weighted by molar-refractivity contribution is 0.289. The van der Waals surface area contributed by atoms with Gasteiger partial charge in [0.25, 0.3) is 10.0 Å². The number of hydrogen-bond donors (Lipinski definition) is 2. The Kier molecular flexibility index (Phi) is 4.91. The molecular weight excluding hydrogens is 396 g/mol. The molecule has 0 bridgehead atoms. The number of rotatable bonds is 7. The highest BCUT2D eigenvalue weighted by molar-refractivity contribution is 7.92. The van der Waals surface area contributed by atoms with E-state index in [4.69, 9.17) is 4.74 Å². The second-order valence-electron chi connectivity index (χ2n) is 5.98. The zero-order chi connectivity index (χ0) is 20.3. The number of sulfonamides is 1. The fourth-order valence-electron chi connectivity index (χ4n) is 2.53. The molecule has 0 unspecified atom stereocenters. The monoisotopic (exact) mass is 412 g/mol. The molecule has 2 aromatic heterocycles. The Bertz CT molecular complexity index is 1200. The van der Waals surface area contributed by atoms with Gasteiger partial charge >= 0.3 is 0 Å². The van der Waals surface area contributed by atoms with Gasteiger partial charge in [-0.1, -0.05) is 12.1 Å². The van der Waals surface area contributed by atoms with Crippen LogP contribution in [0.3, 0.4) is 0 Å². The van der Waals surface area contributed by atoms with Gasteiger partial charge in [0.1, 0.15) is 18.7 Å². The molecule has 0 radical (unpaired) electrons. The van der Waals surface area contributed by atoms with Crippen molar-refractivity contribution in [3.63, 3.8) is 0 Å². The van der Waals surface area contributed by atoms with Crippen molar-refractivity contribution in [3.8, 4) is 17.1 Å². The molecule has 2 heterocycles. The summed E-state index contributed by atoms with van der Waals surface area (Å²) in [6.45, 7) is 0.226. The van der Waals surface area contributed by atoms with E-state index in [0.717, 1.165) is 0 Å². The molecule has 0 spiro atoms. The fourth-order valence-corrected chi connectivity index (χ4v) is 3.58. The average Bonchev–Trinajstić information content (AvgIpc) is 3.39. The first kappa shape index (κ1) is 18.6. The van der Waals surface area contributed by atoms with Gasteiger partial charge in [-0.15, -0.1) is 10.2 Å². The highest BCUT2D eigenvalue weighted by Gasteiger charge is 2.15. The number of aromatic nitrogens is 7. The van der Waals surface area contributed by atoms with Crippen LogP contribution in [0.5, 0.6) is 5.75 Å². The molecule has 2 N–H and O–H groups in total. The summed E-state index contributed by atoms with van der Waals surface area (Å²) in [5.41, 5.74) is 1.02. The lowest BCUT2D eigenvalue weighted by atomic mass is 10.2. The average molecular weight is 412 g/mol. The van der Waals surface area contributed by atoms with E-state index < -0.39 is 10.0 Å². The van der Waals surface area contributed by atoms with Crippen LogP contribution in [0.15, 0.2) is 59.8 Å². The molecule has 0 amide bonds. The molecule has 0 saturated carbocycles. The van der Waals surface area contributed by atoms with Crippen molar-refractivity contribution in [2.75, 3.05) is 4.72 Å². The summed E-state index contributed by atoms with van der Waals surface area (Å²) in [5.74, 6) is 1.55. The largest absolute Gasteiger partial charge is 0.486 e. The van der Waals surface area contributed by atoms with Crippen molar-refractivity contribution in [3.05, 3.63) is 60.7 Å². The van der Waals surface area contributed by atoms with Crippen molar-refractivity contribution in [2.45, 2.75) is 11.5 Å². The Morgan fingerprint density at radius 2 is 2.00 bits per heavy atom. The van der Waals surface area contributed by atoms with Crippen molar-refractivity contribution in [1.82, 2.24) is 35.4 Å². The number of tetrazole rings is 1. The van der Waals surface area contributed by atoms with Gasteiger partial charge in [0.15, 0.2) is 5.82 Å². The Hall–Kier alpha value is -3.80. The molecule has 0 aliphatic heterocycles. The minimum Gasteiger partial charge on any atom is -0.486 e. The third-order valence-electron chi connectivity index (χ3n) is 4.03. The highest BCUT2D eigenvalue weighted by Crippen LogP contribution is 2.23. The number of aryl methyl sites for hydroxylation is 1. The van der Waals surface area contributed by atoms with Crippen LogP contribution in [-0.2, 0) is 23.7 Å².